The first-order valence-corrected chi connectivity index (χ1v) is 7.46. The van der Waals surface area contributed by atoms with Gasteiger partial charge in [0.2, 0.25) is 0 Å². The summed E-state index contributed by atoms with van der Waals surface area (Å²) in [5.74, 6) is 0.218. The van der Waals surface area contributed by atoms with Gasteiger partial charge in [0.1, 0.15) is 11.6 Å². The summed E-state index contributed by atoms with van der Waals surface area (Å²) in [4.78, 5) is 0.530. The molecule has 2 aromatic carbocycles. The lowest BCUT2D eigenvalue weighted by Gasteiger charge is -2.10. The third-order valence-electron chi connectivity index (χ3n) is 2.73. The van der Waals surface area contributed by atoms with E-state index in [-0.39, 0.29) is 10.8 Å². The first-order chi connectivity index (χ1) is 9.51. The van der Waals surface area contributed by atoms with Crippen LogP contribution in [0.25, 0.3) is 0 Å². The van der Waals surface area contributed by atoms with Gasteiger partial charge < -0.3 is 10.5 Å². The normalized spacial score (nSPS) is 12.2. The number of methoxy groups -OCH3 is 1. The minimum Gasteiger partial charge on any atom is -0.495 e. The van der Waals surface area contributed by atoms with Crippen molar-refractivity contribution in [3.05, 3.63) is 52.8 Å². The fourth-order valence-electron chi connectivity index (χ4n) is 1.73. The standard InChI is InChI=1S/C14H13ClFNO2S/c1-19-13-7-11(17)4-5-14(13)20(18)8-9-2-3-10(16)6-12(9)15/h2-7H,8,17H2,1H3. The van der Waals surface area contributed by atoms with Crippen LogP contribution < -0.4 is 10.5 Å². The summed E-state index contributed by atoms with van der Waals surface area (Å²) in [7, 11) is 0.128. The summed E-state index contributed by atoms with van der Waals surface area (Å²) in [5.41, 5.74) is 6.80. The van der Waals surface area contributed by atoms with Gasteiger partial charge in [-0.25, -0.2) is 4.39 Å². The zero-order valence-corrected chi connectivity index (χ0v) is 12.3. The molecule has 0 bridgehead atoms. The van der Waals surface area contributed by atoms with Gasteiger partial charge in [0, 0.05) is 16.8 Å². The number of rotatable bonds is 4. The lowest BCUT2D eigenvalue weighted by Crippen LogP contribution is -2.01. The molecule has 0 aliphatic heterocycles. The Labute approximate surface area is 124 Å². The number of benzene rings is 2. The Hall–Kier alpha value is -1.59. The molecule has 0 amide bonds. The zero-order chi connectivity index (χ0) is 14.7. The lowest BCUT2D eigenvalue weighted by atomic mass is 10.2. The van der Waals surface area contributed by atoms with E-state index in [1.807, 2.05) is 0 Å². The SMILES string of the molecule is COc1cc(N)ccc1S(=O)Cc1ccc(F)cc1Cl. The van der Waals surface area contributed by atoms with Crippen LogP contribution in [0.1, 0.15) is 5.56 Å². The number of hydrogen-bond donors (Lipinski definition) is 1. The molecule has 1 atom stereocenters. The first-order valence-electron chi connectivity index (χ1n) is 5.77. The summed E-state index contributed by atoms with van der Waals surface area (Å²) in [6.45, 7) is 0. The molecule has 0 aromatic heterocycles. The monoisotopic (exact) mass is 313 g/mol. The highest BCUT2D eigenvalue weighted by molar-refractivity contribution is 7.84. The van der Waals surface area contributed by atoms with Crippen LogP contribution >= 0.6 is 11.6 Å². The fourth-order valence-corrected chi connectivity index (χ4v) is 3.32. The Balaban J connectivity index is 2.28. The molecule has 0 heterocycles. The molecule has 0 aliphatic rings. The molecule has 2 rings (SSSR count). The third kappa shape index (κ3) is 3.29. The van der Waals surface area contributed by atoms with E-state index >= 15 is 0 Å². The number of hydrogen-bond acceptors (Lipinski definition) is 3. The van der Waals surface area contributed by atoms with Crippen LogP contribution in [0.3, 0.4) is 0 Å². The maximum atomic E-state index is 13.0. The highest BCUT2D eigenvalue weighted by atomic mass is 35.5. The Morgan fingerprint density at radius 3 is 2.70 bits per heavy atom. The lowest BCUT2D eigenvalue weighted by molar-refractivity contribution is 0.404. The first kappa shape index (κ1) is 14.8. The van der Waals surface area contributed by atoms with Crippen LogP contribution in [0.4, 0.5) is 10.1 Å². The van der Waals surface area contributed by atoms with Gasteiger partial charge in [-0.1, -0.05) is 17.7 Å². The van der Waals surface area contributed by atoms with Crippen molar-refractivity contribution in [2.24, 2.45) is 0 Å². The predicted molar refractivity (Wildman–Crippen MR) is 78.9 cm³/mol. The number of ether oxygens (including phenoxy) is 1. The van der Waals surface area contributed by atoms with Crippen molar-refractivity contribution in [2.45, 2.75) is 10.6 Å². The molecule has 1 unspecified atom stereocenters. The minimum atomic E-state index is -1.36. The molecule has 0 radical (unpaired) electrons. The smallest absolute Gasteiger partial charge is 0.137 e. The minimum absolute atomic E-state index is 0.180. The molecule has 0 fully saturated rings. The van der Waals surface area contributed by atoms with Crippen molar-refractivity contribution >= 4 is 28.1 Å². The highest BCUT2D eigenvalue weighted by Crippen LogP contribution is 2.28. The second-order valence-electron chi connectivity index (χ2n) is 4.14. The Morgan fingerprint density at radius 2 is 2.05 bits per heavy atom. The summed E-state index contributed by atoms with van der Waals surface area (Å²) in [5, 5.41) is 0.257. The van der Waals surface area contributed by atoms with E-state index < -0.39 is 16.6 Å². The highest BCUT2D eigenvalue weighted by Gasteiger charge is 2.13. The second-order valence-corrected chi connectivity index (χ2v) is 5.96. The van der Waals surface area contributed by atoms with Gasteiger partial charge in [-0.3, -0.25) is 4.21 Å². The molecule has 20 heavy (non-hydrogen) atoms. The molecule has 3 nitrogen and oxygen atoms in total. The summed E-state index contributed by atoms with van der Waals surface area (Å²) in [6, 6.07) is 8.94. The third-order valence-corrected chi connectivity index (χ3v) is 4.49. The van der Waals surface area contributed by atoms with E-state index in [0.717, 1.165) is 0 Å². The van der Waals surface area contributed by atoms with E-state index in [0.29, 0.717) is 21.9 Å². The zero-order valence-electron chi connectivity index (χ0n) is 10.7. The van der Waals surface area contributed by atoms with E-state index in [4.69, 9.17) is 22.1 Å². The van der Waals surface area contributed by atoms with E-state index in [2.05, 4.69) is 0 Å². The number of anilines is 1. The number of halogens is 2. The van der Waals surface area contributed by atoms with Gasteiger partial charge in [0.25, 0.3) is 0 Å². The molecule has 0 spiro atoms. The van der Waals surface area contributed by atoms with Crippen LogP contribution in [0, 0.1) is 5.82 Å². The average molecular weight is 314 g/mol. The quantitative estimate of drug-likeness (QED) is 0.880. The van der Waals surface area contributed by atoms with Crippen molar-refractivity contribution in [3.63, 3.8) is 0 Å². The van der Waals surface area contributed by atoms with Crippen LogP contribution in [0.5, 0.6) is 5.75 Å². The Morgan fingerprint density at radius 1 is 1.30 bits per heavy atom. The van der Waals surface area contributed by atoms with Crippen molar-refractivity contribution in [1.29, 1.82) is 0 Å². The Bertz CT molecular complexity index is 664. The van der Waals surface area contributed by atoms with Gasteiger partial charge in [0.15, 0.2) is 0 Å². The largest absolute Gasteiger partial charge is 0.495 e. The van der Waals surface area contributed by atoms with Crippen molar-refractivity contribution in [3.8, 4) is 5.75 Å². The molecule has 0 saturated heterocycles. The fraction of sp³-hybridized carbons (Fsp3) is 0.143. The molecule has 2 aromatic rings. The molecule has 0 aliphatic carbocycles. The van der Waals surface area contributed by atoms with Crippen molar-refractivity contribution in [1.82, 2.24) is 0 Å². The maximum Gasteiger partial charge on any atom is 0.137 e. The van der Waals surface area contributed by atoms with Gasteiger partial charge in [0.05, 0.1) is 28.6 Å². The van der Waals surface area contributed by atoms with Crippen LogP contribution in [0.15, 0.2) is 41.3 Å². The van der Waals surface area contributed by atoms with Gasteiger partial charge in [-0.2, -0.15) is 0 Å². The van der Waals surface area contributed by atoms with Crippen LogP contribution in [-0.4, -0.2) is 11.3 Å². The molecule has 2 N–H and O–H groups in total. The Kier molecular flexibility index (Phi) is 4.62. The average Bonchev–Trinajstić information content (AvgIpc) is 2.41. The maximum absolute atomic E-state index is 13.0. The topological polar surface area (TPSA) is 52.3 Å². The molecule has 0 saturated carbocycles. The summed E-state index contributed by atoms with van der Waals surface area (Å²) >= 11 is 5.93. The molecule has 106 valence electrons. The van der Waals surface area contributed by atoms with Gasteiger partial charge in [-0.05, 0) is 29.8 Å². The van der Waals surface area contributed by atoms with E-state index in [1.165, 1.54) is 25.3 Å². The van der Waals surface area contributed by atoms with Crippen molar-refractivity contribution in [2.75, 3.05) is 12.8 Å². The van der Waals surface area contributed by atoms with Gasteiger partial charge in [-0.15, -0.1) is 0 Å². The van der Waals surface area contributed by atoms with Crippen LogP contribution in [0.2, 0.25) is 5.02 Å². The van der Waals surface area contributed by atoms with E-state index in [1.54, 1.807) is 18.2 Å². The van der Waals surface area contributed by atoms with E-state index in [9.17, 15) is 8.60 Å². The number of nitrogen functional groups attached to an aromatic ring is 1. The molecular weight excluding hydrogens is 301 g/mol. The van der Waals surface area contributed by atoms with Crippen molar-refractivity contribution < 1.29 is 13.3 Å². The summed E-state index contributed by atoms with van der Waals surface area (Å²) < 4.78 is 30.5. The molecular formula is C14H13ClFNO2S. The summed E-state index contributed by atoms with van der Waals surface area (Å²) in [6.07, 6.45) is 0. The molecule has 6 heteroatoms. The number of nitrogens with two attached hydrogens (primary N) is 1. The second kappa shape index (κ2) is 6.24. The predicted octanol–water partition coefficient (Wildman–Crippen LogP) is 3.38. The van der Waals surface area contributed by atoms with Crippen LogP contribution in [-0.2, 0) is 16.6 Å². The van der Waals surface area contributed by atoms with Gasteiger partial charge >= 0.3 is 0 Å².